The summed E-state index contributed by atoms with van der Waals surface area (Å²) >= 11 is 0. The van der Waals surface area contributed by atoms with Crippen molar-refractivity contribution < 1.29 is 23.9 Å². The third-order valence-electron chi connectivity index (χ3n) is 6.03. The van der Waals surface area contributed by atoms with Gasteiger partial charge in [-0.25, -0.2) is 4.90 Å². The van der Waals surface area contributed by atoms with E-state index in [1.165, 1.54) is 4.90 Å². The van der Waals surface area contributed by atoms with Crippen LogP contribution in [-0.2, 0) is 9.59 Å². The number of fused-ring (bicyclic) bond motifs is 1. The highest BCUT2D eigenvalue weighted by Crippen LogP contribution is 2.42. The van der Waals surface area contributed by atoms with Crippen LogP contribution in [0, 0.1) is 17.8 Å². The summed E-state index contributed by atoms with van der Waals surface area (Å²) in [6.45, 7) is 1.98. The number of amides is 2. The van der Waals surface area contributed by atoms with E-state index >= 15 is 0 Å². The Balaban J connectivity index is 1.47. The summed E-state index contributed by atoms with van der Waals surface area (Å²) in [6.07, 6.45) is 2.50. The molecule has 0 radical (unpaired) electrons. The minimum Gasteiger partial charge on any atom is -0.497 e. The van der Waals surface area contributed by atoms with E-state index in [4.69, 9.17) is 9.47 Å². The minimum atomic E-state index is -0.222. The zero-order chi connectivity index (χ0) is 21.3. The summed E-state index contributed by atoms with van der Waals surface area (Å²) in [5.41, 5.74) is 0.993. The summed E-state index contributed by atoms with van der Waals surface area (Å²) < 4.78 is 10.8. The van der Waals surface area contributed by atoms with Gasteiger partial charge in [-0.05, 0) is 49.4 Å². The van der Waals surface area contributed by atoms with Crippen LogP contribution in [0.5, 0.6) is 11.5 Å². The fourth-order valence-electron chi connectivity index (χ4n) is 4.39. The molecule has 6 heteroatoms. The van der Waals surface area contributed by atoms with E-state index in [1.54, 1.807) is 55.6 Å². The number of hydrogen-bond acceptors (Lipinski definition) is 5. The molecule has 1 aliphatic carbocycles. The monoisotopic (exact) mass is 407 g/mol. The average molecular weight is 407 g/mol. The lowest BCUT2D eigenvalue weighted by Crippen LogP contribution is -2.30. The van der Waals surface area contributed by atoms with Crippen LogP contribution >= 0.6 is 0 Å². The second-order valence-electron chi connectivity index (χ2n) is 8.08. The molecule has 2 aromatic rings. The molecule has 0 aromatic heterocycles. The molecule has 3 atom stereocenters. The van der Waals surface area contributed by atoms with Gasteiger partial charge in [-0.3, -0.25) is 14.4 Å². The van der Waals surface area contributed by atoms with E-state index in [-0.39, 0.29) is 36.0 Å². The van der Waals surface area contributed by atoms with Gasteiger partial charge in [0, 0.05) is 11.6 Å². The van der Waals surface area contributed by atoms with Crippen molar-refractivity contribution in [2.75, 3.05) is 18.6 Å². The number of imide groups is 1. The van der Waals surface area contributed by atoms with Crippen LogP contribution in [0.1, 0.15) is 36.5 Å². The number of Topliss-reactive ketones (excluding diaryl/α,β-unsaturated/α-hetero) is 1. The number of benzene rings is 2. The average Bonchev–Trinajstić information content (AvgIpc) is 3.01. The number of hydrogen-bond donors (Lipinski definition) is 0. The van der Waals surface area contributed by atoms with Gasteiger partial charge in [0.25, 0.3) is 0 Å². The molecule has 4 rings (SSSR count). The Bertz CT molecular complexity index is 985. The van der Waals surface area contributed by atoms with Crippen molar-refractivity contribution in [3.8, 4) is 11.5 Å². The number of ether oxygens (including phenoxy) is 2. The molecule has 0 N–H and O–H groups in total. The number of nitrogens with zero attached hydrogens (tertiary/aromatic N) is 1. The molecule has 0 bridgehead atoms. The van der Waals surface area contributed by atoms with Gasteiger partial charge >= 0.3 is 0 Å². The van der Waals surface area contributed by atoms with Gasteiger partial charge < -0.3 is 9.47 Å². The molecule has 2 amide bonds. The van der Waals surface area contributed by atoms with E-state index in [0.717, 1.165) is 19.3 Å². The Labute approximate surface area is 175 Å². The highest BCUT2D eigenvalue weighted by atomic mass is 16.5. The number of ketones is 1. The van der Waals surface area contributed by atoms with Crippen molar-refractivity contribution in [2.24, 2.45) is 17.8 Å². The van der Waals surface area contributed by atoms with Gasteiger partial charge in [0.05, 0.1) is 24.6 Å². The Morgan fingerprint density at radius 3 is 2.53 bits per heavy atom. The van der Waals surface area contributed by atoms with Crippen molar-refractivity contribution in [3.05, 3.63) is 54.1 Å². The third kappa shape index (κ3) is 3.82. The van der Waals surface area contributed by atoms with E-state index in [0.29, 0.717) is 28.7 Å². The molecule has 2 aliphatic rings. The van der Waals surface area contributed by atoms with Crippen LogP contribution in [-0.4, -0.2) is 31.3 Å². The maximum absolute atomic E-state index is 12.9. The minimum absolute atomic E-state index is 0.124. The summed E-state index contributed by atoms with van der Waals surface area (Å²) in [5, 5.41) is 0. The van der Waals surface area contributed by atoms with E-state index in [1.807, 2.05) is 0 Å². The van der Waals surface area contributed by atoms with Gasteiger partial charge in [0.2, 0.25) is 11.8 Å². The highest BCUT2D eigenvalue weighted by Gasteiger charge is 2.50. The smallest absolute Gasteiger partial charge is 0.237 e. The van der Waals surface area contributed by atoms with Gasteiger partial charge in [-0.1, -0.05) is 25.1 Å². The van der Waals surface area contributed by atoms with Gasteiger partial charge in [-0.2, -0.15) is 0 Å². The Morgan fingerprint density at radius 1 is 1.00 bits per heavy atom. The van der Waals surface area contributed by atoms with Crippen LogP contribution in [0.2, 0.25) is 0 Å². The molecule has 0 spiro atoms. The largest absolute Gasteiger partial charge is 0.497 e. The van der Waals surface area contributed by atoms with E-state index in [2.05, 4.69) is 6.92 Å². The molecule has 2 fully saturated rings. The maximum atomic E-state index is 12.9. The molecule has 2 aromatic carbocycles. The quantitative estimate of drug-likeness (QED) is 0.537. The van der Waals surface area contributed by atoms with Crippen LogP contribution < -0.4 is 14.4 Å². The van der Waals surface area contributed by atoms with Crippen molar-refractivity contribution >= 4 is 23.3 Å². The van der Waals surface area contributed by atoms with Gasteiger partial charge in [0.15, 0.2) is 12.4 Å². The summed E-state index contributed by atoms with van der Waals surface area (Å²) in [4.78, 5) is 39.5. The summed E-state index contributed by atoms with van der Waals surface area (Å²) in [5.74, 6) is 0.626. The first-order chi connectivity index (χ1) is 14.5. The lowest BCUT2D eigenvalue weighted by Gasteiger charge is -2.25. The maximum Gasteiger partial charge on any atom is 0.237 e. The zero-order valence-corrected chi connectivity index (χ0v) is 17.2. The van der Waals surface area contributed by atoms with Crippen LogP contribution in [0.15, 0.2) is 48.5 Å². The van der Waals surface area contributed by atoms with E-state index in [9.17, 15) is 14.4 Å². The number of carbonyl (C=O) groups excluding carboxylic acids is 3. The first kappa shape index (κ1) is 20.1. The second-order valence-corrected chi connectivity index (χ2v) is 8.08. The fraction of sp³-hybridized carbons (Fsp3) is 0.375. The lowest BCUT2D eigenvalue weighted by atomic mass is 9.76. The molecule has 30 heavy (non-hydrogen) atoms. The summed E-state index contributed by atoms with van der Waals surface area (Å²) in [6, 6.07) is 13.7. The molecule has 1 aliphatic heterocycles. The van der Waals surface area contributed by atoms with Gasteiger partial charge in [0.1, 0.15) is 11.5 Å². The predicted molar refractivity (Wildman–Crippen MR) is 112 cm³/mol. The number of anilines is 1. The Kier molecular flexibility index (Phi) is 5.57. The standard InChI is InChI=1S/C24H25NO5/c1-15-9-10-20-21(11-15)24(28)25(23(20)27)17-6-4-8-19(13-17)30-14-22(26)16-5-3-7-18(12-16)29-2/h3-8,12-13,15,20-21H,9-11,14H2,1-2H3/t15-,20-,21-/m0/s1. The number of carbonyl (C=O) groups is 3. The fourth-order valence-corrected chi connectivity index (χ4v) is 4.39. The Morgan fingerprint density at radius 2 is 1.73 bits per heavy atom. The number of rotatable bonds is 6. The topological polar surface area (TPSA) is 72.9 Å². The molecule has 6 nitrogen and oxygen atoms in total. The predicted octanol–water partition coefficient (Wildman–Crippen LogP) is 3.88. The molecule has 156 valence electrons. The third-order valence-corrected chi connectivity index (χ3v) is 6.03. The SMILES string of the molecule is COc1cccc(C(=O)COc2cccc(N3C(=O)[C@H]4CC[C@H](C)C[C@@H]4C3=O)c2)c1. The normalized spacial score (nSPS) is 23.3. The van der Waals surface area contributed by atoms with E-state index < -0.39 is 0 Å². The van der Waals surface area contributed by atoms with Crippen LogP contribution in [0.3, 0.4) is 0 Å². The second kappa shape index (κ2) is 8.30. The number of methoxy groups -OCH3 is 1. The summed E-state index contributed by atoms with van der Waals surface area (Å²) in [7, 11) is 1.54. The van der Waals surface area contributed by atoms with Crippen molar-refractivity contribution in [1.29, 1.82) is 0 Å². The molecular formula is C24H25NO5. The van der Waals surface area contributed by atoms with Crippen molar-refractivity contribution in [2.45, 2.75) is 26.2 Å². The molecular weight excluding hydrogens is 382 g/mol. The van der Waals surface area contributed by atoms with Crippen LogP contribution in [0.25, 0.3) is 0 Å². The van der Waals surface area contributed by atoms with Gasteiger partial charge in [-0.15, -0.1) is 0 Å². The first-order valence-corrected chi connectivity index (χ1v) is 10.3. The first-order valence-electron chi connectivity index (χ1n) is 10.3. The van der Waals surface area contributed by atoms with Crippen molar-refractivity contribution in [1.82, 2.24) is 0 Å². The lowest BCUT2D eigenvalue weighted by molar-refractivity contribution is -0.122. The molecule has 1 saturated carbocycles. The Hall–Kier alpha value is -3.15. The van der Waals surface area contributed by atoms with Crippen molar-refractivity contribution in [3.63, 3.8) is 0 Å². The molecule has 1 heterocycles. The molecule has 1 saturated heterocycles. The highest BCUT2D eigenvalue weighted by molar-refractivity contribution is 6.22. The zero-order valence-electron chi connectivity index (χ0n) is 17.2. The molecule has 0 unspecified atom stereocenters. The van der Waals surface area contributed by atoms with Crippen LogP contribution in [0.4, 0.5) is 5.69 Å².